The van der Waals surface area contributed by atoms with Crippen molar-refractivity contribution in [3.63, 3.8) is 0 Å². The molecule has 0 amide bonds. The minimum absolute atomic E-state index is 0.317. The highest BCUT2D eigenvalue weighted by Gasteiger charge is 2.22. The largest absolute Gasteiger partial charge is 0.464 e. The van der Waals surface area contributed by atoms with Gasteiger partial charge in [-0.25, -0.2) is 4.79 Å². The average molecular weight is 251 g/mol. The number of hydrogen-bond donors (Lipinski definition) is 2. The molecule has 2 rings (SSSR count). The van der Waals surface area contributed by atoms with Gasteiger partial charge in [-0.05, 0) is 25.5 Å². The fraction of sp³-hybridized carbons (Fsp3) is 0.615. The summed E-state index contributed by atoms with van der Waals surface area (Å²) in [7, 11) is 1.39. The minimum atomic E-state index is -0.317. The smallest absolute Gasteiger partial charge is 0.354 e. The van der Waals surface area contributed by atoms with E-state index in [-0.39, 0.29) is 5.97 Å². The Morgan fingerprint density at radius 2 is 2.33 bits per heavy atom. The Morgan fingerprint density at radius 1 is 1.56 bits per heavy atom. The summed E-state index contributed by atoms with van der Waals surface area (Å²) in [5.41, 5.74) is 1.64. The van der Waals surface area contributed by atoms with Crippen LogP contribution in [0.25, 0.3) is 0 Å². The molecule has 1 aliphatic rings. The van der Waals surface area contributed by atoms with Gasteiger partial charge in [0, 0.05) is 37.9 Å². The van der Waals surface area contributed by atoms with E-state index >= 15 is 0 Å². The first-order valence-corrected chi connectivity index (χ1v) is 6.33. The number of aromatic nitrogens is 1. The van der Waals surface area contributed by atoms with Crippen molar-refractivity contribution >= 4 is 5.97 Å². The Kier molecular flexibility index (Phi) is 4.04. The molecule has 0 spiro atoms. The molecular formula is C13H21N3O2. The molecule has 0 radical (unpaired) electrons. The van der Waals surface area contributed by atoms with E-state index in [4.69, 9.17) is 0 Å². The van der Waals surface area contributed by atoms with Gasteiger partial charge in [0.1, 0.15) is 5.69 Å². The summed E-state index contributed by atoms with van der Waals surface area (Å²) >= 11 is 0. The lowest BCUT2D eigenvalue weighted by atomic mass is 10.1. The van der Waals surface area contributed by atoms with Crippen LogP contribution in [0.5, 0.6) is 0 Å². The fourth-order valence-corrected chi connectivity index (χ4v) is 2.31. The van der Waals surface area contributed by atoms with Crippen LogP contribution in [0, 0.1) is 0 Å². The van der Waals surface area contributed by atoms with E-state index in [0.29, 0.717) is 17.8 Å². The molecule has 5 heteroatoms. The highest BCUT2D eigenvalue weighted by Crippen LogP contribution is 2.13. The number of hydrogen-bond acceptors (Lipinski definition) is 4. The molecule has 0 aromatic carbocycles. The standard InChI is InChI=1S/C13H21N3O2/c1-9-7-16(10(2)5-14-9)8-11-4-12(15-6-11)13(17)18-3/h4,6,9-10,14-15H,5,7-8H2,1-3H3. The lowest BCUT2D eigenvalue weighted by Crippen LogP contribution is -2.53. The minimum Gasteiger partial charge on any atom is -0.464 e. The molecule has 0 aliphatic carbocycles. The quantitative estimate of drug-likeness (QED) is 0.786. The second-order valence-corrected chi connectivity index (χ2v) is 5.00. The summed E-state index contributed by atoms with van der Waals surface area (Å²) < 4.78 is 4.68. The third kappa shape index (κ3) is 2.91. The Morgan fingerprint density at radius 3 is 3.06 bits per heavy atom. The van der Waals surface area contributed by atoms with Crippen LogP contribution < -0.4 is 5.32 Å². The first kappa shape index (κ1) is 13.1. The van der Waals surface area contributed by atoms with Crippen LogP contribution in [-0.4, -0.2) is 48.1 Å². The van der Waals surface area contributed by atoms with Crippen LogP contribution in [0.4, 0.5) is 0 Å². The third-order valence-corrected chi connectivity index (χ3v) is 3.43. The molecule has 1 aliphatic heterocycles. The van der Waals surface area contributed by atoms with Gasteiger partial charge in [-0.1, -0.05) is 0 Å². The Bertz CT molecular complexity index is 416. The summed E-state index contributed by atoms with van der Waals surface area (Å²) in [5, 5.41) is 3.46. The Labute approximate surface area is 108 Å². The van der Waals surface area contributed by atoms with Crippen molar-refractivity contribution in [1.82, 2.24) is 15.2 Å². The van der Waals surface area contributed by atoms with E-state index in [0.717, 1.165) is 25.2 Å². The van der Waals surface area contributed by atoms with E-state index in [2.05, 4.69) is 33.8 Å². The molecule has 1 aromatic heterocycles. The Hall–Kier alpha value is -1.33. The average Bonchev–Trinajstić information content (AvgIpc) is 2.81. The summed E-state index contributed by atoms with van der Waals surface area (Å²) in [4.78, 5) is 16.7. The molecule has 2 atom stereocenters. The highest BCUT2D eigenvalue weighted by atomic mass is 16.5. The van der Waals surface area contributed by atoms with Crippen LogP contribution >= 0.6 is 0 Å². The molecule has 1 saturated heterocycles. The number of aromatic amines is 1. The van der Waals surface area contributed by atoms with Gasteiger partial charge >= 0.3 is 5.97 Å². The van der Waals surface area contributed by atoms with Crippen molar-refractivity contribution < 1.29 is 9.53 Å². The van der Waals surface area contributed by atoms with Crippen LogP contribution in [0.2, 0.25) is 0 Å². The van der Waals surface area contributed by atoms with Crippen LogP contribution in [-0.2, 0) is 11.3 Å². The van der Waals surface area contributed by atoms with Gasteiger partial charge in [0.15, 0.2) is 0 Å². The fourth-order valence-electron chi connectivity index (χ4n) is 2.31. The van der Waals surface area contributed by atoms with Gasteiger partial charge in [0.05, 0.1) is 7.11 Å². The second-order valence-electron chi connectivity index (χ2n) is 5.00. The number of piperazine rings is 1. The maximum atomic E-state index is 11.4. The summed E-state index contributed by atoms with van der Waals surface area (Å²) in [6, 6.07) is 2.89. The second kappa shape index (κ2) is 5.54. The number of H-pyrrole nitrogens is 1. The zero-order chi connectivity index (χ0) is 13.1. The van der Waals surface area contributed by atoms with E-state index in [1.807, 2.05) is 12.3 Å². The van der Waals surface area contributed by atoms with E-state index in [1.165, 1.54) is 7.11 Å². The van der Waals surface area contributed by atoms with Gasteiger partial charge in [0.25, 0.3) is 0 Å². The number of carbonyl (C=O) groups excluding carboxylic acids is 1. The topological polar surface area (TPSA) is 57.4 Å². The van der Waals surface area contributed by atoms with Crippen LogP contribution in [0.3, 0.4) is 0 Å². The number of methoxy groups -OCH3 is 1. The van der Waals surface area contributed by atoms with Gasteiger partial charge in [-0.3, -0.25) is 4.90 Å². The number of nitrogens with one attached hydrogen (secondary N) is 2. The summed E-state index contributed by atoms with van der Waals surface area (Å²) in [6.45, 7) is 7.30. The van der Waals surface area contributed by atoms with E-state index < -0.39 is 0 Å². The molecule has 2 unspecified atom stereocenters. The molecule has 18 heavy (non-hydrogen) atoms. The van der Waals surface area contributed by atoms with Crippen molar-refractivity contribution in [3.8, 4) is 0 Å². The summed E-state index contributed by atoms with van der Waals surface area (Å²) in [6.07, 6.45) is 1.88. The monoisotopic (exact) mass is 251 g/mol. The normalized spacial score (nSPS) is 25.1. The van der Waals surface area contributed by atoms with Gasteiger partial charge in [0.2, 0.25) is 0 Å². The van der Waals surface area contributed by atoms with Crippen molar-refractivity contribution in [1.29, 1.82) is 0 Å². The molecule has 100 valence electrons. The van der Waals surface area contributed by atoms with E-state index in [9.17, 15) is 4.79 Å². The Balaban J connectivity index is 2.00. The third-order valence-electron chi connectivity index (χ3n) is 3.43. The number of carbonyl (C=O) groups is 1. The zero-order valence-electron chi connectivity index (χ0n) is 11.2. The van der Waals surface area contributed by atoms with Crippen molar-refractivity contribution in [2.75, 3.05) is 20.2 Å². The molecule has 1 aromatic rings. The van der Waals surface area contributed by atoms with Gasteiger partial charge < -0.3 is 15.0 Å². The number of rotatable bonds is 3. The first-order valence-electron chi connectivity index (χ1n) is 6.33. The zero-order valence-corrected chi connectivity index (χ0v) is 11.2. The van der Waals surface area contributed by atoms with Crippen molar-refractivity contribution in [3.05, 3.63) is 23.5 Å². The molecule has 0 saturated carbocycles. The van der Waals surface area contributed by atoms with Gasteiger partial charge in [-0.2, -0.15) is 0 Å². The number of esters is 1. The SMILES string of the molecule is COC(=O)c1cc(CN2CC(C)NCC2C)c[nH]1. The molecular weight excluding hydrogens is 230 g/mol. The maximum absolute atomic E-state index is 11.4. The summed E-state index contributed by atoms with van der Waals surface area (Å²) in [5.74, 6) is -0.317. The molecule has 2 N–H and O–H groups in total. The first-order chi connectivity index (χ1) is 8.60. The molecule has 0 bridgehead atoms. The predicted molar refractivity (Wildman–Crippen MR) is 69.5 cm³/mol. The van der Waals surface area contributed by atoms with Crippen LogP contribution in [0.15, 0.2) is 12.3 Å². The maximum Gasteiger partial charge on any atom is 0.354 e. The highest BCUT2D eigenvalue weighted by molar-refractivity contribution is 5.87. The van der Waals surface area contributed by atoms with E-state index in [1.54, 1.807) is 0 Å². The lowest BCUT2D eigenvalue weighted by Gasteiger charge is -2.37. The number of nitrogens with zero attached hydrogens (tertiary/aromatic N) is 1. The lowest BCUT2D eigenvalue weighted by molar-refractivity contribution is 0.0594. The van der Waals surface area contributed by atoms with Gasteiger partial charge in [-0.15, -0.1) is 0 Å². The molecule has 5 nitrogen and oxygen atoms in total. The predicted octanol–water partition coefficient (Wildman–Crippen LogP) is 0.983. The number of ether oxygens (including phenoxy) is 1. The van der Waals surface area contributed by atoms with Crippen molar-refractivity contribution in [2.45, 2.75) is 32.5 Å². The van der Waals surface area contributed by atoms with Crippen LogP contribution in [0.1, 0.15) is 29.9 Å². The molecule has 2 heterocycles. The van der Waals surface area contributed by atoms with Crippen molar-refractivity contribution in [2.24, 2.45) is 0 Å². The molecule has 1 fully saturated rings.